The van der Waals surface area contributed by atoms with Gasteiger partial charge in [0.15, 0.2) is 11.5 Å². The minimum Gasteiger partial charge on any atom is -0.497 e. The van der Waals surface area contributed by atoms with E-state index >= 15 is 0 Å². The zero-order chi connectivity index (χ0) is 20.2. The lowest BCUT2D eigenvalue weighted by atomic mass is 10.1. The maximum atomic E-state index is 12.3. The van der Waals surface area contributed by atoms with Gasteiger partial charge >= 0.3 is 0 Å². The van der Waals surface area contributed by atoms with E-state index in [9.17, 15) is 10.1 Å². The fourth-order valence-electron chi connectivity index (χ4n) is 2.89. The molecule has 4 rings (SSSR count). The molecule has 3 aromatic rings. The first-order chi connectivity index (χ1) is 14.2. The van der Waals surface area contributed by atoms with Crippen LogP contribution in [0.15, 0.2) is 47.5 Å². The first kappa shape index (κ1) is 18.9. The Kier molecular flexibility index (Phi) is 5.40. The molecular weight excluding hydrogens is 390 g/mol. The summed E-state index contributed by atoms with van der Waals surface area (Å²) in [5.41, 5.74) is 1.77. The van der Waals surface area contributed by atoms with Crippen molar-refractivity contribution in [3.05, 3.63) is 48.0 Å². The number of hydrogen-bond acceptors (Lipinski definition) is 7. The van der Waals surface area contributed by atoms with Gasteiger partial charge in [0.25, 0.3) is 0 Å². The lowest BCUT2D eigenvalue weighted by Crippen LogP contribution is -2.15. The zero-order valence-corrected chi connectivity index (χ0v) is 16.4. The highest BCUT2D eigenvalue weighted by molar-refractivity contribution is 8.00. The van der Waals surface area contributed by atoms with Crippen molar-refractivity contribution in [2.45, 2.75) is 5.03 Å². The number of fused-ring (bicyclic) bond motifs is 2. The Labute approximate surface area is 171 Å². The maximum Gasteiger partial charge on any atom is 0.234 e. The van der Waals surface area contributed by atoms with Gasteiger partial charge in [-0.2, -0.15) is 5.26 Å². The molecule has 7 nitrogen and oxygen atoms in total. The highest BCUT2D eigenvalue weighted by Crippen LogP contribution is 2.35. The second kappa shape index (κ2) is 8.29. The molecule has 1 N–H and O–H groups in total. The number of nitrogens with zero attached hydrogens (tertiary/aromatic N) is 2. The number of nitrogens with one attached hydrogen (secondary N) is 1. The minimum absolute atomic E-state index is 0.129. The largest absolute Gasteiger partial charge is 0.497 e. The molecule has 0 radical (unpaired) electrons. The Hall–Kier alpha value is -3.44. The van der Waals surface area contributed by atoms with Gasteiger partial charge in [-0.05, 0) is 36.4 Å². The van der Waals surface area contributed by atoms with Crippen LogP contribution in [0.2, 0.25) is 0 Å². The van der Waals surface area contributed by atoms with Crippen molar-refractivity contribution >= 4 is 34.3 Å². The van der Waals surface area contributed by atoms with E-state index in [0.29, 0.717) is 52.3 Å². The second-order valence-corrected chi connectivity index (χ2v) is 7.17. The summed E-state index contributed by atoms with van der Waals surface area (Å²) in [4.78, 5) is 16.8. The van der Waals surface area contributed by atoms with Gasteiger partial charge in [0.05, 0.1) is 23.9 Å². The molecule has 1 amide bonds. The van der Waals surface area contributed by atoms with Gasteiger partial charge < -0.3 is 19.5 Å². The summed E-state index contributed by atoms with van der Waals surface area (Å²) in [5, 5.41) is 13.6. The molecule has 0 saturated heterocycles. The molecule has 0 unspecified atom stereocenters. The van der Waals surface area contributed by atoms with Crippen LogP contribution in [0.25, 0.3) is 10.9 Å². The lowest BCUT2D eigenvalue weighted by molar-refractivity contribution is -0.113. The molecule has 146 valence electrons. The van der Waals surface area contributed by atoms with Crippen LogP contribution in [0.1, 0.15) is 5.56 Å². The molecule has 0 bridgehead atoms. The number of carbonyl (C=O) groups excluding carboxylic acids is 1. The number of anilines is 1. The van der Waals surface area contributed by atoms with Gasteiger partial charge in [-0.25, -0.2) is 4.98 Å². The number of aromatic nitrogens is 1. The molecule has 0 aliphatic carbocycles. The number of rotatable bonds is 5. The van der Waals surface area contributed by atoms with Gasteiger partial charge in [-0.1, -0.05) is 11.8 Å². The topological polar surface area (TPSA) is 93.5 Å². The van der Waals surface area contributed by atoms with Crippen molar-refractivity contribution in [1.29, 1.82) is 5.26 Å². The highest BCUT2D eigenvalue weighted by Gasteiger charge is 2.16. The van der Waals surface area contributed by atoms with Crippen LogP contribution >= 0.6 is 11.8 Å². The third kappa shape index (κ3) is 4.20. The fourth-order valence-corrected chi connectivity index (χ4v) is 3.65. The van der Waals surface area contributed by atoms with Crippen LogP contribution in [-0.2, 0) is 4.79 Å². The first-order valence-corrected chi connectivity index (χ1v) is 9.86. The number of thioether (sulfide) groups is 1. The average Bonchev–Trinajstić information content (AvgIpc) is 2.76. The standard InChI is InChI=1S/C21H17N3O4S/c1-26-16-4-2-15(3-5-16)23-20(25)12-29-21-14(11-22)8-13-9-18-19(10-17(13)24-21)28-7-6-27-18/h2-5,8-10H,6-7,12H2,1H3,(H,23,25). The van der Waals surface area contributed by atoms with Crippen molar-refractivity contribution in [3.8, 4) is 23.3 Å². The summed E-state index contributed by atoms with van der Waals surface area (Å²) in [5.74, 6) is 1.94. The van der Waals surface area contributed by atoms with Crippen LogP contribution in [0.5, 0.6) is 17.2 Å². The molecule has 0 spiro atoms. The second-order valence-electron chi connectivity index (χ2n) is 6.21. The van der Waals surface area contributed by atoms with Gasteiger partial charge in [0.2, 0.25) is 5.91 Å². The zero-order valence-electron chi connectivity index (χ0n) is 15.6. The van der Waals surface area contributed by atoms with E-state index in [1.165, 1.54) is 11.8 Å². The predicted molar refractivity (Wildman–Crippen MR) is 110 cm³/mol. The van der Waals surface area contributed by atoms with Gasteiger partial charge in [0.1, 0.15) is 30.1 Å². The molecular formula is C21H17N3O4S. The Balaban J connectivity index is 1.50. The molecule has 0 saturated carbocycles. The number of methoxy groups -OCH3 is 1. The molecule has 2 aromatic carbocycles. The van der Waals surface area contributed by atoms with Crippen LogP contribution in [0, 0.1) is 11.3 Å². The lowest BCUT2D eigenvalue weighted by Gasteiger charge is -2.18. The number of hydrogen-bond donors (Lipinski definition) is 1. The Morgan fingerprint density at radius 1 is 1.21 bits per heavy atom. The summed E-state index contributed by atoms with van der Waals surface area (Å²) in [6.07, 6.45) is 0. The number of ether oxygens (including phenoxy) is 3. The molecule has 1 aromatic heterocycles. The summed E-state index contributed by atoms with van der Waals surface area (Å²) >= 11 is 1.22. The van der Waals surface area contributed by atoms with Crippen molar-refractivity contribution in [2.75, 3.05) is 31.4 Å². The Morgan fingerprint density at radius 2 is 1.93 bits per heavy atom. The van der Waals surface area contributed by atoms with Gasteiger partial charge in [-0.15, -0.1) is 0 Å². The third-order valence-corrected chi connectivity index (χ3v) is 5.27. The Morgan fingerprint density at radius 3 is 2.62 bits per heavy atom. The minimum atomic E-state index is -0.187. The van der Waals surface area contributed by atoms with Gasteiger partial charge in [-0.3, -0.25) is 4.79 Å². The molecule has 2 heterocycles. The molecule has 29 heavy (non-hydrogen) atoms. The molecule has 0 fully saturated rings. The molecule has 0 atom stereocenters. The normalized spacial score (nSPS) is 12.3. The smallest absolute Gasteiger partial charge is 0.234 e. The number of amides is 1. The molecule has 1 aliphatic rings. The maximum absolute atomic E-state index is 12.3. The monoisotopic (exact) mass is 407 g/mol. The van der Waals surface area contributed by atoms with E-state index in [1.54, 1.807) is 43.5 Å². The van der Waals surface area contributed by atoms with Crippen molar-refractivity contribution < 1.29 is 19.0 Å². The summed E-state index contributed by atoms with van der Waals surface area (Å²) in [6.45, 7) is 0.982. The van der Waals surface area contributed by atoms with E-state index in [0.717, 1.165) is 5.39 Å². The van der Waals surface area contributed by atoms with E-state index in [2.05, 4.69) is 16.4 Å². The first-order valence-electron chi connectivity index (χ1n) is 8.87. The molecule has 1 aliphatic heterocycles. The number of pyridine rings is 1. The van der Waals surface area contributed by atoms with Crippen molar-refractivity contribution in [2.24, 2.45) is 0 Å². The van der Waals surface area contributed by atoms with E-state index in [-0.39, 0.29) is 11.7 Å². The van der Waals surface area contributed by atoms with Crippen LogP contribution in [0.4, 0.5) is 5.69 Å². The summed E-state index contributed by atoms with van der Waals surface area (Å²) in [7, 11) is 1.59. The Bertz CT molecular complexity index is 1110. The quantitative estimate of drug-likeness (QED) is 0.646. The summed E-state index contributed by atoms with van der Waals surface area (Å²) in [6, 6.07) is 14.6. The fraction of sp³-hybridized carbons (Fsp3) is 0.190. The number of carbonyl (C=O) groups is 1. The molecule has 8 heteroatoms. The van der Waals surface area contributed by atoms with Crippen LogP contribution in [-0.4, -0.2) is 37.0 Å². The SMILES string of the molecule is COc1ccc(NC(=O)CSc2nc3cc4c(cc3cc2C#N)OCCO4)cc1. The van der Waals surface area contributed by atoms with E-state index < -0.39 is 0 Å². The average molecular weight is 407 g/mol. The third-order valence-electron chi connectivity index (χ3n) is 4.28. The van der Waals surface area contributed by atoms with Gasteiger partial charge in [0, 0.05) is 17.1 Å². The predicted octanol–water partition coefficient (Wildman–Crippen LogP) is 3.62. The van der Waals surface area contributed by atoms with Crippen LogP contribution < -0.4 is 19.5 Å². The van der Waals surface area contributed by atoms with E-state index in [1.807, 2.05) is 6.07 Å². The summed E-state index contributed by atoms with van der Waals surface area (Å²) < 4.78 is 16.3. The van der Waals surface area contributed by atoms with Crippen molar-refractivity contribution in [3.63, 3.8) is 0 Å². The highest BCUT2D eigenvalue weighted by atomic mass is 32.2. The van der Waals surface area contributed by atoms with E-state index in [4.69, 9.17) is 14.2 Å². The van der Waals surface area contributed by atoms with Crippen LogP contribution in [0.3, 0.4) is 0 Å². The number of benzene rings is 2. The number of nitriles is 1. The van der Waals surface area contributed by atoms with Crippen molar-refractivity contribution in [1.82, 2.24) is 4.98 Å².